The highest BCUT2D eigenvalue weighted by molar-refractivity contribution is 9.10. The Hall–Kier alpha value is -0.940. The lowest BCUT2D eigenvalue weighted by molar-refractivity contribution is -0.141. The number of halogens is 2. The van der Waals surface area contributed by atoms with Gasteiger partial charge < -0.3 is 10.5 Å². The van der Waals surface area contributed by atoms with Crippen LogP contribution in [-0.2, 0) is 9.53 Å². The lowest BCUT2D eigenvalue weighted by Crippen LogP contribution is -2.16. The van der Waals surface area contributed by atoms with Gasteiger partial charge in [0.25, 0.3) is 0 Å². The first-order valence-electron chi connectivity index (χ1n) is 4.31. The van der Waals surface area contributed by atoms with E-state index < -0.39 is 12.0 Å². The van der Waals surface area contributed by atoms with Gasteiger partial charge in [0.05, 0.1) is 13.5 Å². The van der Waals surface area contributed by atoms with Crippen LogP contribution in [0.5, 0.6) is 0 Å². The second-order valence-electron chi connectivity index (χ2n) is 3.09. The van der Waals surface area contributed by atoms with Crippen LogP contribution in [0, 0.1) is 5.82 Å². The fourth-order valence-electron chi connectivity index (χ4n) is 1.17. The summed E-state index contributed by atoms with van der Waals surface area (Å²) in [5, 5.41) is 0. The van der Waals surface area contributed by atoms with Crippen LogP contribution in [-0.4, -0.2) is 13.1 Å². The van der Waals surface area contributed by atoms with Crippen molar-refractivity contribution in [2.45, 2.75) is 12.5 Å². The summed E-state index contributed by atoms with van der Waals surface area (Å²) in [6, 6.07) is 3.76. The van der Waals surface area contributed by atoms with E-state index in [1.807, 2.05) is 0 Å². The Morgan fingerprint density at radius 2 is 2.27 bits per heavy atom. The Bertz CT molecular complexity index is 350. The third kappa shape index (κ3) is 3.60. The molecule has 82 valence electrons. The maximum Gasteiger partial charge on any atom is 0.307 e. The number of ether oxygens (including phenoxy) is 1. The minimum Gasteiger partial charge on any atom is -0.469 e. The molecule has 0 aliphatic heterocycles. The minimum atomic E-state index is -0.551. The molecule has 0 saturated heterocycles. The van der Waals surface area contributed by atoms with Crippen LogP contribution in [0.4, 0.5) is 4.39 Å². The van der Waals surface area contributed by atoms with Gasteiger partial charge in [0.1, 0.15) is 5.82 Å². The zero-order valence-corrected chi connectivity index (χ0v) is 9.75. The number of esters is 1. The monoisotopic (exact) mass is 275 g/mol. The minimum absolute atomic E-state index is 0.0341. The fourth-order valence-corrected chi connectivity index (χ4v) is 1.65. The van der Waals surface area contributed by atoms with Crippen LogP contribution in [0.2, 0.25) is 0 Å². The number of rotatable bonds is 3. The molecule has 1 aromatic carbocycles. The van der Waals surface area contributed by atoms with Crippen molar-refractivity contribution in [3.63, 3.8) is 0 Å². The molecule has 0 aromatic heterocycles. The summed E-state index contributed by atoms with van der Waals surface area (Å²) < 4.78 is 18.1. The van der Waals surface area contributed by atoms with Crippen LogP contribution in [0.3, 0.4) is 0 Å². The van der Waals surface area contributed by atoms with Crippen molar-refractivity contribution >= 4 is 21.9 Å². The first-order valence-corrected chi connectivity index (χ1v) is 5.10. The molecular formula is C10H11BrFNO2. The Balaban J connectivity index is 2.81. The number of benzene rings is 1. The van der Waals surface area contributed by atoms with Gasteiger partial charge in [-0.25, -0.2) is 4.39 Å². The highest BCUT2D eigenvalue weighted by Crippen LogP contribution is 2.21. The van der Waals surface area contributed by atoms with E-state index in [0.717, 1.165) is 0 Å². The average molecular weight is 276 g/mol. The standard InChI is InChI=1S/C10H11BrFNO2/c1-15-10(14)5-9(13)6-2-7(11)4-8(12)3-6/h2-4,9H,5,13H2,1H3. The SMILES string of the molecule is COC(=O)CC(N)c1cc(F)cc(Br)c1. The summed E-state index contributed by atoms with van der Waals surface area (Å²) in [4.78, 5) is 11.0. The summed E-state index contributed by atoms with van der Waals surface area (Å²) in [6.45, 7) is 0. The van der Waals surface area contributed by atoms with E-state index >= 15 is 0 Å². The Kier molecular flexibility index (Phi) is 4.23. The van der Waals surface area contributed by atoms with Crippen LogP contribution >= 0.6 is 15.9 Å². The predicted octanol–water partition coefficient (Wildman–Crippen LogP) is 2.15. The van der Waals surface area contributed by atoms with E-state index in [2.05, 4.69) is 20.7 Å². The molecule has 0 bridgehead atoms. The van der Waals surface area contributed by atoms with Gasteiger partial charge in [0.15, 0.2) is 0 Å². The number of methoxy groups -OCH3 is 1. The largest absolute Gasteiger partial charge is 0.469 e. The lowest BCUT2D eigenvalue weighted by atomic mass is 10.1. The molecule has 0 amide bonds. The predicted molar refractivity (Wildman–Crippen MR) is 57.7 cm³/mol. The zero-order chi connectivity index (χ0) is 11.4. The number of carbonyl (C=O) groups is 1. The quantitative estimate of drug-likeness (QED) is 0.860. The van der Waals surface area contributed by atoms with Crippen LogP contribution in [0.25, 0.3) is 0 Å². The van der Waals surface area contributed by atoms with E-state index in [4.69, 9.17) is 5.73 Å². The molecule has 1 unspecified atom stereocenters. The number of hydrogen-bond donors (Lipinski definition) is 1. The normalized spacial score (nSPS) is 12.3. The Morgan fingerprint density at radius 3 is 2.80 bits per heavy atom. The Labute approximate surface area is 95.5 Å². The van der Waals surface area contributed by atoms with Crippen molar-refractivity contribution in [3.05, 3.63) is 34.1 Å². The fraction of sp³-hybridized carbons (Fsp3) is 0.300. The summed E-state index contributed by atoms with van der Waals surface area (Å²) in [5.41, 5.74) is 6.28. The molecule has 0 heterocycles. The molecule has 5 heteroatoms. The van der Waals surface area contributed by atoms with Crippen molar-refractivity contribution in [1.29, 1.82) is 0 Å². The van der Waals surface area contributed by atoms with E-state index in [9.17, 15) is 9.18 Å². The van der Waals surface area contributed by atoms with E-state index in [1.165, 1.54) is 19.2 Å². The van der Waals surface area contributed by atoms with Crippen LogP contribution in [0.1, 0.15) is 18.0 Å². The molecule has 0 fully saturated rings. The van der Waals surface area contributed by atoms with Crippen molar-refractivity contribution in [3.8, 4) is 0 Å². The molecule has 0 aliphatic carbocycles. The van der Waals surface area contributed by atoms with Gasteiger partial charge in [0, 0.05) is 10.5 Å². The zero-order valence-electron chi connectivity index (χ0n) is 8.17. The maximum atomic E-state index is 13.0. The molecule has 3 nitrogen and oxygen atoms in total. The highest BCUT2D eigenvalue weighted by Gasteiger charge is 2.13. The summed E-state index contributed by atoms with van der Waals surface area (Å²) in [7, 11) is 1.29. The Morgan fingerprint density at radius 1 is 1.60 bits per heavy atom. The molecule has 15 heavy (non-hydrogen) atoms. The molecule has 1 aromatic rings. The topological polar surface area (TPSA) is 52.3 Å². The second kappa shape index (κ2) is 5.23. The number of hydrogen-bond acceptors (Lipinski definition) is 3. The van der Waals surface area contributed by atoms with Crippen molar-refractivity contribution in [2.24, 2.45) is 5.73 Å². The molecule has 0 radical (unpaired) electrons. The van der Waals surface area contributed by atoms with Crippen LogP contribution < -0.4 is 5.73 Å². The van der Waals surface area contributed by atoms with E-state index in [0.29, 0.717) is 10.0 Å². The van der Waals surface area contributed by atoms with Crippen molar-refractivity contribution < 1.29 is 13.9 Å². The van der Waals surface area contributed by atoms with Gasteiger partial charge in [-0.1, -0.05) is 15.9 Å². The second-order valence-corrected chi connectivity index (χ2v) is 4.01. The van der Waals surface area contributed by atoms with E-state index in [-0.39, 0.29) is 12.2 Å². The molecule has 0 aliphatic rings. The average Bonchev–Trinajstić information content (AvgIpc) is 2.16. The molecular weight excluding hydrogens is 265 g/mol. The third-order valence-corrected chi connectivity index (χ3v) is 2.39. The van der Waals surface area contributed by atoms with Gasteiger partial charge in [-0.2, -0.15) is 0 Å². The number of nitrogens with two attached hydrogens (primary N) is 1. The van der Waals surface area contributed by atoms with Gasteiger partial charge in [-0.15, -0.1) is 0 Å². The van der Waals surface area contributed by atoms with Crippen molar-refractivity contribution in [2.75, 3.05) is 7.11 Å². The van der Waals surface area contributed by atoms with Gasteiger partial charge in [-0.3, -0.25) is 4.79 Å². The van der Waals surface area contributed by atoms with Gasteiger partial charge in [0.2, 0.25) is 0 Å². The third-order valence-electron chi connectivity index (χ3n) is 1.93. The first kappa shape index (κ1) is 12.1. The summed E-state index contributed by atoms with van der Waals surface area (Å²) >= 11 is 3.15. The molecule has 0 saturated carbocycles. The van der Waals surface area contributed by atoms with Crippen LogP contribution in [0.15, 0.2) is 22.7 Å². The van der Waals surface area contributed by atoms with Gasteiger partial charge in [-0.05, 0) is 23.8 Å². The smallest absolute Gasteiger partial charge is 0.307 e. The summed E-state index contributed by atoms with van der Waals surface area (Å²) in [6.07, 6.45) is 0.0341. The molecule has 0 spiro atoms. The van der Waals surface area contributed by atoms with Gasteiger partial charge >= 0.3 is 5.97 Å². The molecule has 2 N–H and O–H groups in total. The van der Waals surface area contributed by atoms with E-state index in [1.54, 1.807) is 6.07 Å². The maximum absolute atomic E-state index is 13.0. The van der Waals surface area contributed by atoms with Crippen molar-refractivity contribution in [1.82, 2.24) is 0 Å². The first-order chi connectivity index (χ1) is 7.02. The number of carbonyl (C=O) groups excluding carboxylic acids is 1. The lowest BCUT2D eigenvalue weighted by Gasteiger charge is -2.11. The summed E-state index contributed by atoms with van der Waals surface area (Å²) in [5.74, 6) is -0.803. The molecule has 1 atom stereocenters. The highest BCUT2D eigenvalue weighted by atomic mass is 79.9. The molecule has 1 rings (SSSR count).